The molecule has 3 nitrogen and oxygen atoms in total. The molecule has 2 aliphatic carbocycles. The third-order valence-electron chi connectivity index (χ3n) is 5.85. The van der Waals surface area contributed by atoms with Gasteiger partial charge in [-0.05, 0) is 92.3 Å². The molecule has 0 atom stereocenters. The highest BCUT2D eigenvalue weighted by Crippen LogP contribution is 2.42. The smallest absolute Gasteiger partial charge is 0.211 e. The molecule has 0 spiro atoms. The van der Waals surface area contributed by atoms with Crippen molar-refractivity contribution in [2.45, 2.75) is 70.8 Å². The van der Waals surface area contributed by atoms with Crippen molar-refractivity contribution >= 4 is 12.1 Å². The maximum Gasteiger partial charge on any atom is 0.211 e. The third-order valence-corrected chi connectivity index (χ3v) is 5.85. The van der Waals surface area contributed by atoms with Gasteiger partial charge in [-0.3, -0.25) is 9.69 Å². The van der Waals surface area contributed by atoms with Crippen molar-refractivity contribution in [3.8, 4) is 0 Å². The first kappa shape index (κ1) is 21.6. The summed E-state index contributed by atoms with van der Waals surface area (Å²) >= 11 is 0. The molecule has 0 bridgehead atoms. The van der Waals surface area contributed by atoms with E-state index in [2.05, 4.69) is 46.6 Å². The second-order valence-electron chi connectivity index (χ2n) is 8.11. The minimum absolute atomic E-state index is 0.701. The van der Waals surface area contributed by atoms with Gasteiger partial charge in [0, 0.05) is 12.2 Å². The van der Waals surface area contributed by atoms with Crippen LogP contribution in [0, 0.1) is 0 Å². The number of rotatable bonds is 6. The summed E-state index contributed by atoms with van der Waals surface area (Å²) in [5.41, 5.74) is 5.48. The Morgan fingerprint density at radius 2 is 1.52 bits per heavy atom. The van der Waals surface area contributed by atoms with Crippen molar-refractivity contribution in [1.82, 2.24) is 4.90 Å². The number of anilines is 1. The summed E-state index contributed by atoms with van der Waals surface area (Å²) in [5.74, 6) is 1.68. The van der Waals surface area contributed by atoms with Gasteiger partial charge in [-0.2, -0.15) is 0 Å². The van der Waals surface area contributed by atoms with Gasteiger partial charge < -0.3 is 5.32 Å². The van der Waals surface area contributed by atoms with E-state index < -0.39 is 0 Å². The number of nitrogens with zero attached hydrogens (tertiary/aromatic N) is 1. The van der Waals surface area contributed by atoms with Gasteiger partial charge in [-0.25, -0.2) is 0 Å². The van der Waals surface area contributed by atoms with E-state index in [9.17, 15) is 4.79 Å². The van der Waals surface area contributed by atoms with Crippen molar-refractivity contribution in [3.63, 3.8) is 0 Å². The van der Waals surface area contributed by atoms with Gasteiger partial charge in [-0.1, -0.05) is 50.2 Å². The molecule has 1 heterocycles. The van der Waals surface area contributed by atoms with Crippen molar-refractivity contribution in [2.75, 3.05) is 18.4 Å². The molecule has 1 amide bonds. The fraction of sp³-hybridized carbons (Fsp3) is 0.500. The normalized spacial score (nSPS) is 18.1. The van der Waals surface area contributed by atoms with Crippen LogP contribution in [0.4, 0.5) is 5.69 Å². The van der Waals surface area contributed by atoms with Gasteiger partial charge in [-0.15, -0.1) is 0 Å². The number of carbonyl (C=O) groups excluding carboxylic acids is 1. The van der Waals surface area contributed by atoms with Crippen LogP contribution < -0.4 is 5.32 Å². The Morgan fingerprint density at radius 3 is 2.10 bits per heavy atom. The van der Waals surface area contributed by atoms with E-state index in [0.29, 0.717) is 6.41 Å². The van der Waals surface area contributed by atoms with Crippen molar-refractivity contribution in [1.29, 1.82) is 0 Å². The minimum atomic E-state index is 0.701. The third kappa shape index (κ3) is 6.71. The fourth-order valence-electron chi connectivity index (χ4n) is 3.99. The first-order valence-corrected chi connectivity index (χ1v) is 11.4. The quantitative estimate of drug-likeness (QED) is 0.584. The predicted molar refractivity (Wildman–Crippen MR) is 122 cm³/mol. The predicted octanol–water partition coefficient (Wildman–Crippen LogP) is 6.32. The molecule has 3 fully saturated rings. The van der Waals surface area contributed by atoms with E-state index in [1.165, 1.54) is 63.7 Å². The van der Waals surface area contributed by atoms with Crippen LogP contribution in [0.25, 0.3) is 0 Å². The van der Waals surface area contributed by atoms with E-state index in [0.717, 1.165) is 17.5 Å². The highest BCUT2D eigenvalue weighted by molar-refractivity contribution is 5.71. The Balaban J connectivity index is 0.000000156. The molecule has 0 aromatic heterocycles. The number of hydrogen-bond donors (Lipinski definition) is 1. The highest BCUT2D eigenvalue weighted by Gasteiger charge is 2.26. The lowest BCUT2D eigenvalue weighted by molar-refractivity contribution is -0.105. The van der Waals surface area contributed by atoms with E-state index in [1.54, 1.807) is 11.1 Å². The summed E-state index contributed by atoms with van der Waals surface area (Å²) < 4.78 is 0. The number of likely N-dealkylation sites (tertiary alicyclic amines) is 1. The number of benzene rings is 2. The van der Waals surface area contributed by atoms with Crippen LogP contribution in [0.5, 0.6) is 0 Å². The molecule has 1 aliphatic heterocycles. The molecule has 5 rings (SSSR count). The van der Waals surface area contributed by atoms with Crippen LogP contribution in [0.3, 0.4) is 0 Å². The summed E-state index contributed by atoms with van der Waals surface area (Å²) in [6.07, 6.45) is 8.96. The largest absolute Gasteiger partial charge is 0.329 e. The molecule has 3 heteroatoms. The van der Waals surface area contributed by atoms with E-state index in [1.807, 2.05) is 26.0 Å². The average Bonchev–Trinajstić information content (AvgIpc) is 3.70. The average molecular weight is 393 g/mol. The standard InChI is InChI=1S/C14H19N.C10H11NO.C2H6/c1-2-6-14(12-7-8-12)13(5-1)11-15-9-3-4-10-15;12-7-11-10-5-3-9(4-6-10)8-1-2-8;1-2/h1-2,5-6,12H,3-4,7-11H2;3-8H,1-2H2,(H,11,12);1-2H3. The minimum Gasteiger partial charge on any atom is -0.329 e. The van der Waals surface area contributed by atoms with Gasteiger partial charge in [0.05, 0.1) is 0 Å². The summed E-state index contributed by atoms with van der Waals surface area (Å²) in [4.78, 5) is 12.7. The summed E-state index contributed by atoms with van der Waals surface area (Å²) in [6, 6.07) is 17.1. The summed E-state index contributed by atoms with van der Waals surface area (Å²) in [7, 11) is 0. The fourth-order valence-corrected chi connectivity index (χ4v) is 3.99. The van der Waals surface area contributed by atoms with Gasteiger partial charge in [0.2, 0.25) is 6.41 Å². The first-order chi connectivity index (χ1) is 14.3. The number of hydrogen-bond acceptors (Lipinski definition) is 2. The van der Waals surface area contributed by atoms with Crippen LogP contribution in [-0.2, 0) is 11.3 Å². The molecule has 0 unspecified atom stereocenters. The number of carbonyl (C=O) groups is 1. The van der Waals surface area contributed by atoms with Crippen molar-refractivity contribution in [3.05, 3.63) is 65.2 Å². The summed E-state index contributed by atoms with van der Waals surface area (Å²) in [5, 5.41) is 2.61. The zero-order chi connectivity index (χ0) is 20.5. The van der Waals surface area contributed by atoms with Gasteiger partial charge in [0.25, 0.3) is 0 Å². The lowest BCUT2D eigenvalue weighted by Crippen LogP contribution is -2.19. The van der Waals surface area contributed by atoms with Crippen LogP contribution in [-0.4, -0.2) is 24.4 Å². The van der Waals surface area contributed by atoms with Gasteiger partial charge in [0.15, 0.2) is 0 Å². The van der Waals surface area contributed by atoms with Crippen LogP contribution >= 0.6 is 0 Å². The molecule has 1 saturated heterocycles. The molecule has 2 saturated carbocycles. The summed E-state index contributed by atoms with van der Waals surface area (Å²) in [6.45, 7) is 7.80. The number of nitrogens with one attached hydrogen (secondary N) is 1. The Bertz CT molecular complexity index is 742. The van der Waals surface area contributed by atoms with E-state index >= 15 is 0 Å². The van der Waals surface area contributed by atoms with Crippen LogP contribution in [0.2, 0.25) is 0 Å². The molecule has 29 heavy (non-hydrogen) atoms. The molecular weight excluding hydrogens is 356 g/mol. The Hall–Kier alpha value is -2.13. The van der Waals surface area contributed by atoms with Crippen molar-refractivity contribution in [2.24, 2.45) is 0 Å². The number of amides is 1. The zero-order valence-corrected chi connectivity index (χ0v) is 18.1. The van der Waals surface area contributed by atoms with E-state index in [4.69, 9.17) is 0 Å². The van der Waals surface area contributed by atoms with Crippen molar-refractivity contribution < 1.29 is 4.79 Å². The second-order valence-corrected chi connectivity index (χ2v) is 8.11. The molecule has 2 aromatic rings. The maximum absolute atomic E-state index is 10.1. The van der Waals surface area contributed by atoms with Crippen LogP contribution in [0.15, 0.2) is 48.5 Å². The van der Waals surface area contributed by atoms with Gasteiger partial charge >= 0.3 is 0 Å². The van der Waals surface area contributed by atoms with Crippen LogP contribution in [0.1, 0.15) is 80.9 Å². The highest BCUT2D eigenvalue weighted by atomic mass is 16.1. The monoisotopic (exact) mass is 392 g/mol. The molecule has 0 radical (unpaired) electrons. The SMILES string of the molecule is CC.O=CNc1ccc(C2CC2)cc1.c1ccc(C2CC2)c(CN2CCCC2)c1. The topological polar surface area (TPSA) is 32.3 Å². The lowest BCUT2D eigenvalue weighted by Gasteiger charge is -2.17. The zero-order valence-electron chi connectivity index (χ0n) is 18.1. The first-order valence-electron chi connectivity index (χ1n) is 11.4. The molecule has 156 valence electrons. The van der Waals surface area contributed by atoms with Gasteiger partial charge in [0.1, 0.15) is 0 Å². The molecule has 1 N–H and O–H groups in total. The van der Waals surface area contributed by atoms with E-state index in [-0.39, 0.29) is 0 Å². The maximum atomic E-state index is 10.1. The molecular formula is C26H36N2O. The molecule has 3 aliphatic rings. The second kappa shape index (κ2) is 11.2. The molecule has 2 aromatic carbocycles. The Morgan fingerprint density at radius 1 is 0.897 bits per heavy atom. The Kier molecular flexibility index (Phi) is 8.30. The lowest BCUT2D eigenvalue weighted by atomic mass is 10.0. The Labute approximate surface area is 176 Å².